The molecule has 1 aromatic heterocycles. The predicted molar refractivity (Wildman–Crippen MR) is 108 cm³/mol. The summed E-state index contributed by atoms with van der Waals surface area (Å²) in [7, 11) is 0. The van der Waals surface area contributed by atoms with Crippen molar-refractivity contribution < 1.29 is 13.6 Å². The van der Waals surface area contributed by atoms with Crippen molar-refractivity contribution in [3.63, 3.8) is 0 Å². The van der Waals surface area contributed by atoms with E-state index in [-0.39, 0.29) is 12.4 Å². The molecule has 28 heavy (non-hydrogen) atoms. The topological polar surface area (TPSA) is 62.1 Å². The van der Waals surface area contributed by atoms with Crippen LogP contribution in [0.2, 0.25) is 0 Å². The van der Waals surface area contributed by atoms with Crippen molar-refractivity contribution in [2.24, 2.45) is 5.73 Å². The van der Waals surface area contributed by atoms with Crippen molar-refractivity contribution in [1.82, 2.24) is 9.88 Å². The van der Waals surface area contributed by atoms with Gasteiger partial charge in [-0.25, -0.2) is 8.78 Å². The molecule has 1 amide bonds. The summed E-state index contributed by atoms with van der Waals surface area (Å²) in [6.07, 6.45) is 0.637. The molecule has 6 heteroatoms. The number of carbonyl (C=O) groups is 1. The quantitative estimate of drug-likeness (QED) is 0.539. The molecule has 0 radical (unpaired) electrons. The first-order valence-electron chi connectivity index (χ1n) is 9.43. The third-order valence-electron chi connectivity index (χ3n) is 4.98. The number of H-pyrrole nitrogens is 1. The Morgan fingerprint density at radius 1 is 1.25 bits per heavy atom. The maximum Gasteiger partial charge on any atom is 0.210 e. The Bertz CT molecular complexity index is 954. The van der Waals surface area contributed by atoms with Crippen LogP contribution in [0.1, 0.15) is 24.1 Å². The summed E-state index contributed by atoms with van der Waals surface area (Å²) in [6, 6.07) is 12.5. The lowest BCUT2D eigenvalue weighted by Crippen LogP contribution is -2.24. The standard InChI is InChI=1S/C22H25F2N3O/c1-15-22(20-11-17(23)8-9-21(20)26-15)19-7-3-2-5-16(19)13-27(14-28)10-4-6-18(24)12-25/h2-3,5,7-9,11,14,18,26H,4,6,10,12-13,25H2,1H3. The van der Waals surface area contributed by atoms with Crippen LogP contribution in [0.15, 0.2) is 42.5 Å². The van der Waals surface area contributed by atoms with Gasteiger partial charge in [-0.15, -0.1) is 0 Å². The van der Waals surface area contributed by atoms with Crippen LogP contribution in [-0.4, -0.2) is 35.6 Å². The number of fused-ring (bicyclic) bond motifs is 1. The summed E-state index contributed by atoms with van der Waals surface area (Å²) < 4.78 is 27.2. The van der Waals surface area contributed by atoms with Gasteiger partial charge in [-0.1, -0.05) is 24.3 Å². The van der Waals surface area contributed by atoms with Gasteiger partial charge in [0.2, 0.25) is 6.41 Å². The van der Waals surface area contributed by atoms with Crippen LogP contribution >= 0.6 is 0 Å². The number of rotatable bonds is 9. The molecule has 0 aliphatic rings. The van der Waals surface area contributed by atoms with E-state index in [0.29, 0.717) is 25.9 Å². The second kappa shape index (κ2) is 8.97. The minimum absolute atomic E-state index is 0.000320. The SMILES string of the molecule is Cc1[nH]c2ccc(F)cc2c1-c1ccccc1CN(C=O)CCCC(F)CN. The van der Waals surface area contributed by atoms with Crippen molar-refractivity contribution >= 4 is 17.3 Å². The highest BCUT2D eigenvalue weighted by molar-refractivity contribution is 5.98. The number of hydrogen-bond donors (Lipinski definition) is 2. The fraction of sp³-hybridized carbons (Fsp3) is 0.318. The maximum atomic E-state index is 13.8. The first-order chi connectivity index (χ1) is 13.5. The van der Waals surface area contributed by atoms with Crippen molar-refractivity contribution in [2.75, 3.05) is 13.1 Å². The van der Waals surface area contributed by atoms with Crippen molar-refractivity contribution in [3.8, 4) is 11.1 Å². The summed E-state index contributed by atoms with van der Waals surface area (Å²) >= 11 is 0. The van der Waals surface area contributed by atoms with Gasteiger partial charge in [-0.05, 0) is 49.1 Å². The minimum Gasteiger partial charge on any atom is -0.358 e. The number of amides is 1. The molecule has 3 aromatic rings. The molecule has 0 aliphatic heterocycles. The van der Waals surface area contributed by atoms with E-state index in [0.717, 1.165) is 39.7 Å². The highest BCUT2D eigenvalue weighted by Crippen LogP contribution is 2.35. The molecule has 148 valence electrons. The zero-order valence-corrected chi connectivity index (χ0v) is 15.9. The Kier molecular flexibility index (Phi) is 6.41. The molecule has 0 spiro atoms. The number of nitrogens with one attached hydrogen (secondary N) is 1. The Balaban J connectivity index is 1.89. The van der Waals surface area contributed by atoms with E-state index < -0.39 is 6.17 Å². The summed E-state index contributed by atoms with van der Waals surface area (Å²) in [5, 5.41) is 0.811. The molecule has 0 bridgehead atoms. The smallest absolute Gasteiger partial charge is 0.210 e. The molecular weight excluding hydrogens is 360 g/mol. The molecule has 1 heterocycles. The third kappa shape index (κ3) is 4.39. The number of aromatic nitrogens is 1. The van der Waals surface area contributed by atoms with E-state index in [1.807, 2.05) is 31.2 Å². The van der Waals surface area contributed by atoms with Gasteiger partial charge in [0.05, 0.1) is 0 Å². The van der Waals surface area contributed by atoms with Crippen LogP contribution in [0.25, 0.3) is 22.0 Å². The van der Waals surface area contributed by atoms with Gasteiger partial charge in [0.15, 0.2) is 0 Å². The second-order valence-electron chi connectivity index (χ2n) is 7.02. The van der Waals surface area contributed by atoms with Gasteiger partial charge in [0, 0.05) is 41.8 Å². The first-order valence-corrected chi connectivity index (χ1v) is 9.43. The van der Waals surface area contributed by atoms with Crippen LogP contribution in [-0.2, 0) is 11.3 Å². The number of aryl methyl sites for hydroxylation is 1. The zero-order valence-electron chi connectivity index (χ0n) is 15.9. The number of halogens is 2. The Morgan fingerprint density at radius 2 is 2.04 bits per heavy atom. The Hall–Kier alpha value is -2.73. The summed E-state index contributed by atoms with van der Waals surface area (Å²) in [4.78, 5) is 16.5. The van der Waals surface area contributed by atoms with Gasteiger partial charge in [0.1, 0.15) is 12.0 Å². The number of hydrogen-bond acceptors (Lipinski definition) is 2. The number of aromatic amines is 1. The molecule has 0 saturated carbocycles. The number of carbonyl (C=O) groups excluding carboxylic acids is 1. The van der Waals surface area contributed by atoms with Gasteiger partial charge < -0.3 is 15.6 Å². The van der Waals surface area contributed by atoms with E-state index in [4.69, 9.17) is 5.73 Å². The number of benzene rings is 2. The summed E-state index contributed by atoms with van der Waals surface area (Å²) in [6.45, 7) is 2.82. The van der Waals surface area contributed by atoms with Gasteiger partial charge >= 0.3 is 0 Å². The van der Waals surface area contributed by atoms with Gasteiger partial charge in [0.25, 0.3) is 0 Å². The average molecular weight is 385 g/mol. The van der Waals surface area contributed by atoms with E-state index >= 15 is 0 Å². The van der Waals surface area contributed by atoms with Crippen LogP contribution < -0.4 is 5.73 Å². The maximum absolute atomic E-state index is 13.8. The van der Waals surface area contributed by atoms with Gasteiger partial charge in [-0.2, -0.15) is 0 Å². The fourth-order valence-electron chi connectivity index (χ4n) is 3.57. The minimum atomic E-state index is -1.04. The number of nitrogens with zero attached hydrogens (tertiary/aromatic N) is 1. The van der Waals surface area contributed by atoms with E-state index in [2.05, 4.69) is 4.98 Å². The molecular formula is C22H25F2N3O. The lowest BCUT2D eigenvalue weighted by Gasteiger charge is -2.20. The summed E-state index contributed by atoms with van der Waals surface area (Å²) in [5.41, 5.74) is 9.95. The monoisotopic (exact) mass is 385 g/mol. The highest BCUT2D eigenvalue weighted by atomic mass is 19.1. The van der Waals surface area contributed by atoms with Gasteiger partial charge in [-0.3, -0.25) is 4.79 Å². The predicted octanol–water partition coefficient (Wildman–Crippen LogP) is 4.32. The Morgan fingerprint density at radius 3 is 2.79 bits per heavy atom. The van der Waals surface area contributed by atoms with E-state index in [1.165, 1.54) is 12.1 Å². The fourth-order valence-corrected chi connectivity index (χ4v) is 3.57. The molecule has 1 unspecified atom stereocenters. The largest absolute Gasteiger partial charge is 0.358 e. The van der Waals surface area contributed by atoms with Crippen LogP contribution in [0.4, 0.5) is 8.78 Å². The van der Waals surface area contributed by atoms with E-state index in [1.54, 1.807) is 11.0 Å². The molecule has 3 rings (SSSR count). The van der Waals surface area contributed by atoms with Crippen LogP contribution in [0.5, 0.6) is 0 Å². The lowest BCUT2D eigenvalue weighted by molar-refractivity contribution is -0.118. The molecule has 4 nitrogen and oxygen atoms in total. The van der Waals surface area contributed by atoms with Crippen LogP contribution in [0.3, 0.4) is 0 Å². The van der Waals surface area contributed by atoms with Crippen molar-refractivity contribution in [3.05, 3.63) is 59.5 Å². The number of alkyl halides is 1. The Labute approximate surface area is 163 Å². The summed E-state index contributed by atoms with van der Waals surface area (Å²) in [5.74, 6) is -0.291. The zero-order chi connectivity index (χ0) is 20.1. The highest BCUT2D eigenvalue weighted by Gasteiger charge is 2.16. The third-order valence-corrected chi connectivity index (χ3v) is 4.98. The average Bonchev–Trinajstić information content (AvgIpc) is 3.02. The molecule has 3 N–H and O–H groups in total. The van der Waals surface area contributed by atoms with E-state index in [9.17, 15) is 13.6 Å². The molecule has 1 atom stereocenters. The first kappa shape index (κ1) is 20.0. The molecule has 0 fully saturated rings. The van der Waals surface area contributed by atoms with Crippen LogP contribution in [0, 0.1) is 12.7 Å². The molecule has 0 aliphatic carbocycles. The molecule has 2 aromatic carbocycles. The second-order valence-corrected chi connectivity index (χ2v) is 7.02. The van der Waals surface area contributed by atoms with Crippen molar-refractivity contribution in [2.45, 2.75) is 32.5 Å². The number of nitrogens with two attached hydrogens (primary N) is 1. The lowest BCUT2D eigenvalue weighted by atomic mass is 9.96. The normalized spacial score (nSPS) is 12.3. The molecule has 0 saturated heterocycles. The van der Waals surface area contributed by atoms with Crippen molar-refractivity contribution in [1.29, 1.82) is 0 Å².